The average Bonchev–Trinajstić information content (AvgIpc) is 2.89. The lowest BCUT2D eigenvalue weighted by atomic mass is 10.2. The number of rotatable bonds is 6. The Kier molecular flexibility index (Phi) is 5.35. The topological polar surface area (TPSA) is 49.6 Å². The molecule has 1 aliphatic heterocycles. The van der Waals surface area contributed by atoms with Crippen LogP contribution < -0.4 is 0 Å². The van der Waals surface area contributed by atoms with Crippen LogP contribution in [0, 0.1) is 10.1 Å². The molecule has 22 heavy (non-hydrogen) atoms. The summed E-state index contributed by atoms with van der Waals surface area (Å²) in [6.45, 7) is 1.01. The number of hydrogen-bond donors (Lipinski definition) is 0. The first-order valence-corrected chi connectivity index (χ1v) is 7.48. The van der Waals surface area contributed by atoms with Crippen molar-refractivity contribution in [1.29, 1.82) is 0 Å². The Labute approximate surface area is 128 Å². The molecule has 10 heteroatoms. The van der Waals surface area contributed by atoms with Crippen LogP contribution in [0.5, 0.6) is 0 Å². The normalized spacial score (nSPS) is 18.0. The van der Waals surface area contributed by atoms with E-state index in [0.717, 1.165) is 16.9 Å². The fourth-order valence-electron chi connectivity index (χ4n) is 2.27. The molecule has 0 amide bonds. The van der Waals surface area contributed by atoms with Gasteiger partial charge in [-0.3, -0.25) is 19.9 Å². The van der Waals surface area contributed by atoms with E-state index < -0.39 is 23.8 Å². The van der Waals surface area contributed by atoms with Gasteiger partial charge in [-0.25, -0.2) is 8.78 Å². The smallest absolute Gasteiger partial charge is 0.297 e. The number of alkyl halides is 4. The molecular weight excluding hydrogens is 326 g/mol. The molecule has 5 nitrogen and oxygen atoms in total. The number of piperazine rings is 1. The van der Waals surface area contributed by atoms with Gasteiger partial charge in [-0.05, 0) is 5.56 Å². The summed E-state index contributed by atoms with van der Waals surface area (Å²) in [5.74, 6) is -3.99. The highest BCUT2D eigenvalue weighted by Crippen LogP contribution is 2.26. The monoisotopic (exact) mass is 341 g/mol. The van der Waals surface area contributed by atoms with E-state index in [4.69, 9.17) is 0 Å². The number of halogens is 4. The van der Waals surface area contributed by atoms with Crippen LogP contribution in [-0.2, 0) is 6.54 Å². The molecule has 0 aromatic carbocycles. The van der Waals surface area contributed by atoms with E-state index in [0.29, 0.717) is 19.6 Å². The van der Waals surface area contributed by atoms with E-state index in [9.17, 15) is 27.7 Å². The summed E-state index contributed by atoms with van der Waals surface area (Å²) in [5, 5.41) is 12.4. The largest absolute Gasteiger partial charge is 0.324 e. The van der Waals surface area contributed by atoms with Gasteiger partial charge in [0, 0.05) is 44.2 Å². The van der Waals surface area contributed by atoms with Gasteiger partial charge in [-0.1, -0.05) is 11.3 Å². The van der Waals surface area contributed by atoms with Crippen LogP contribution in [-0.4, -0.2) is 59.8 Å². The quantitative estimate of drug-likeness (QED) is 0.453. The summed E-state index contributed by atoms with van der Waals surface area (Å²) in [6, 6.07) is 1.49. The van der Waals surface area contributed by atoms with Crippen LogP contribution in [0.1, 0.15) is 5.56 Å². The van der Waals surface area contributed by atoms with Crippen LogP contribution in [0.3, 0.4) is 0 Å². The van der Waals surface area contributed by atoms with E-state index in [2.05, 4.69) is 0 Å². The van der Waals surface area contributed by atoms with Crippen molar-refractivity contribution >= 4 is 16.3 Å². The van der Waals surface area contributed by atoms with Crippen molar-refractivity contribution in [3.05, 3.63) is 27.1 Å². The number of hydrogen-bond acceptors (Lipinski definition) is 5. The number of thiophene rings is 1. The second-order valence-corrected chi connectivity index (χ2v) is 6.05. The number of nitrogens with zero attached hydrogens (tertiary/aromatic N) is 3. The third kappa shape index (κ3) is 4.37. The maximum atomic E-state index is 13.0. The van der Waals surface area contributed by atoms with Gasteiger partial charge in [0.25, 0.3) is 0 Å². The Morgan fingerprint density at radius 2 is 1.86 bits per heavy atom. The van der Waals surface area contributed by atoms with Gasteiger partial charge in [0.1, 0.15) is 0 Å². The molecule has 2 heterocycles. The third-order valence-corrected chi connectivity index (χ3v) is 4.37. The summed E-state index contributed by atoms with van der Waals surface area (Å²) in [7, 11) is 0. The van der Waals surface area contributed by atoms with Crippen molar-refractivity contribution in [2.45, 2.75) is 18.9 Å². The van der Waals surface area contributed by atoms with Crippen LogP contribution in [0.25, 0.3) is 0 Å². The van der Waals surface area contributed by atoms with Crippen LogP contribution in [0.15, 0.2) is 11.4 Å². The molecule has 0 radical (unpaired) electrons. The molecule has 0 saturated carbocycles. The highest BCUT2D eigenvalue weighted by molar-refractivity contribution is 7.13. The highest BCUT2D eigenvalue weighted by atomic mass is 32.1. The van der Waals surface area contributed by atoms with E-state index in [1.165, 1.54) is 11.0 Å². The van der Waals surface area contributed by atoms with Crippen LogP contribution in [0.4, 0.5) is 22.6 Å². The SMILES string of the molecule is O=[N+]([O-])c1cc(CN2CCN(CC(F)(F)C(F)F)CC2)cs1. The summed E-state index contributed by atoms with van der Waals surface area (Å²) >= 11 is 1.04. The molecule has 124 valence electrons. The molecule has 2 rings (SSSR count). The lowest BCUT2D eigenvalue weighted by Crippen LogP contribution is -2.51. The molecule has 0 spiro atoms. The van der Waals surface area contributed by atoms with Gasteiger partial charge >= 0.3 is 17.3 Å². The zero-order valence-electron chi connectivity index (χ0n) is 11.6. The lowest BCUT2D eigenvalue weighted by molar-refractivity contribution is -0.380. The standard InChI is InChI=1S/C12H15F4N3O2S/c13-11(14)12(15,16)8-18-3-1-17(2-4-18)6-9-5-10(19(20)21)22-7-9/h5,7,11H,1-4,6,8H2. The minimum atomic E-state index is -3.99. The fourth-order valence-corrected chi connectivity index (χ4v) is 2.99. The summed E-state index contributed by atoms with van der Waals surface area (Å²) in [4.78, 5) is 13.4. The van der Waals surface area contributed by atoms with E-state index in [1.807, 2.05) is 4.90 Å². The molecule has 0 bridgehead atoms. The van der Waals surface area contributed by atoms with Crippen molar-refractivity contribution in [2.24, 2.45) is 0 Å². The second kappa shape index (κ2) is 6.88. The molecule has 0 N–H and O–H groups in total. The Balaban J connectivity index is 1.80. The third-order valence-electron chi connectivity index (χ3n) is 3.44. The maximum Gasteiger partial charge on any atom is 0.324 e. The van der Waals surface area contributed by atoms with Gasteiger partial charge < -0.3 is 0 Å². The first kappa shape index (κ1) is 17.1. The van der Waals surface area contributed by atoms with Crippen molar-refractivity contribution in [1.82, 2.24) is 9.80 Å². The average molecular weight is 341 g/mol. The van der Waals surface area contributed by atoms with Gasteiger partial charge in [0.2, 0.25) is 0 Å². The first-order chi connectivity index (χ1) is 10.3. The summed E-state index contributed by atoms with van der Waals surface area (Å²) < 4.78 is 50.3. The van der Waals surface area contributed by atoms with Gasteiger partial charge in [0.15, 0.2) is 0 Å². The Morgan fingerprint density at radius 3 is 2.36 bits per heavy atom. The molecule has 0 atom stereocenters. The van der Waals surface area contributed by atoms with Crippen molar-refractivity contribution in [2.75, 3.05) is 32.7 Å². The van der Waals surface area contributed by atoms with Gasteiger partial charge in [0.05, 0.1) is 11.5 Å². The molecular formula is C12H15F4N3O2S. The zero-order valence-corrected chi connectivity index (χ0v) is 12.4. The first-order valence-electron chi connectivity index (χ1n) is 6.60. The van der Waals surface area contributed by atoms with E-state index in [1.54, 1.807) is 5.38 Å². The Bertz CT molecular complexity index is 518. The predicted molar refractivity (Wildman–Crippen MR) is 73.6 cm³/mol. The summed E-state index contributed by atoms with van der Waals surface area (Å²) in [6.07, 6.45) is -3.66. The molecule has 1 fully saturated rings. The van der Waals surface area contributed by atoms with Gasteiger partial charge in [-0.2, -0.15) is 8.78 Å². The second-order valence-electron chi connectivity index (χ2n) is 5.16. The highest BCUT2D eigenvalue weighted by Gasteiger charge is 2.42. The molecule has 1 aromatic rings. The fraction of sp³-hybridized carbons (Fsp3) is 0.667. The van der Waals surface area contributed by atoms with Crippen LogP contribution >= 0.6 is 11.3 Å². The van der Waals surface area contributed by atoms with E-state index >= 15 is 0 Å². The zero-order chi connectivity index (χ0) is 16.3. The van der Waals surface area contributed by atoms with Crippen molar-refractivity contribution < 1.29 is 22.5 Å². The van der Waals surface area contributed by atoms with Crippen molar-refractivity contribution in [3.63, 3.8) is 0 Å². The van der Waals surface area contributed by atoms with E-state index in [-0.39, 0.29) is 18.1 Å². The molecule has 0 aliphatic carbocycles. The molecule has 1 aromatic heterocycles. The predicted octanol–water partition coefficient (Wildman–Crippen LogP) is 2.67. The maximum absolute atomic E-state index is 13.0. The minimum Gasteiger partial charge on any atom is -0.297 e. The molecule has 1 saturated heterocycles. The lowest BCUT2D eigenvalue weighted by Gasteiger charge is -2.35. The van der Waals surface area contributed by atoms with Crippen LogP contribution in [0.2, 0.25) is 0 Å². The van der Waals surface area contributed by atoms with Crippen molar-refractivity contribution in [3.8, 4) is 0 Å². The number of nitro groups is 1. The van der Waals surface area contributed by atoms with Gasteiger partial charge in [-0.15, -0.1) is 0 Å². The minimum absolute atomic E-state index is 0.0604. The molecule has 0 unspecified atom stereocenters. The summed E-state index contributed by atoms with van der Waals surface area (Å²) in [5.41, 5.74) is 0.795. The molecule has 1 aliphatic rings. The Hall–Kier alpha value is -1.26. The Morgan fingerprint density at radius 1 is 1.27 bits per heavy atom.